The van der Waals surface area contributed by atoms with Gasteiger partial charge in [0.25, 0.3) is 0 Å². The smallest absolute Gasteiger partial charge is 0.305 e. The van der Waals surface area contributed by atoms with E-state index in [1.807, 2.05) is 54.6 Å². The summed E-state index contributed by atoms with van der Waals surface area (Å²) in [6.45, 7) is 0.562. The van der Waals surface area contributed by atoms with Gasteiger partial charge in [0.2, 0.25) is 5.91 Å². The van der Waals surface area contributed by atoms with Crippen LogP contribution in [0.3, 0.4) is 0 Å². The minimum Gasteiger partial charge on any atom is -0.481 e. The van der Waals surface area contributed by atoms with Gasteiger partial charge in [0.05, 0.1) is 18.0 Å². The zero-order valence-electron chi connectivity index (χ0n) is 18.8. The first kappa shape index (κ1) is 21.9. The summed E-state index contributed by atoms with van der Waals surface area (Å²) in [4.78, 5) is 40.1. The van der Waals surface area contributed by atoms with Crippen LogP contribution in [0.5, 0.6) is 0 Å². The van der Waals surface area contributed by atoms with Crippen molar-refractivity contribution in [3.8, 4) is 0 Å². The molecule has 1 fully saturated rings. The molecular formula is C27H26N4O3. The number of carbonyl (C=O) groups is 2. The molecule has 1 amide bonds. The van der Waals surface area contributed by atoms with Crippen molar-refractivity contribution in [2.24, 2.45) is 5.92 Å². The summed E-state index contributed by atoms with van der Waals surface area (Å²) in [7, 11) is 0. The van der Waals surface area contributed by atoms with Gasteiger partial charge in [-0.05, 0) is 67.6 Å². The normalized spacial score (nSPS) is 16.9. The number of rotatable bonds is 8. The molecule has 4 heterocycles. The Labute approximate surface area is 197 Å². The summed E-state index contributed by atoms with van der Waals surface area (Å²) in [6.07, 6.45) is 6.43. The zero-order chi connectivity index (χ0) is 23.5. The molecule has 7 heteroatoms. The van der Waals surface area contributed by atoms with Crippen molar-refractivity contribution in [1.29, 1.82) is 0 Å². The molecule has 5 rings (SSSR count). The molecule has 1 aliphatic heterocycles. The molecule has 7 nitrogen and oxygen atoms in total. The largest absolute Gasteiger partial charge is 0.481 e. The number of aliphatic carboxylic acids is 1. The molecule has 0 spiro atoms. The fraction of sp³-hybridized carbons (Fsp3) is 0.296. The highest BCUT2D eigenvalue weighted by Gasteiger charge is 2.37. The van der Waals surface area contributed by atoms with E-state index in [0.29, 0.717) is 6.54 Å². The van der Waals surface area contributed by atoms with Gasteiger partial charge < -0.3 is 10.0 Å². The van der Waals surface area contributed by atoms with Crippen LogP contribution in [0.4, 0.5) is 0 Å². The van der Waals surface area contributed by atoms with Gasteiger partial charge in [0.15, 0.2) is 5.65 Å². The van der Waals surface area contributed by atoms with Gasteiger partial charge in [-0.1, -0.05) is 18.2 Å². The van der Waals surface area contributed by atoms with Crippen LogP contribution in [0, 0.1) is 5.92 Å². The van der Waals surface area contributed by atoms with Crippen LogP contribution in [0.2, 0.25) is 0 Å². The second kappa shape index (κ2) is 9.55. The van der Waals surface area contributed by atoms with Gasteiger partial charge in [-0.2, -0.15) is 0 Å². The van der Waals surface area contributed by atoms with Gasteiger partial charge in [-0.15, -0.1) is 0 Å². The van der Waals surface area contributed by atoms with Crippen LogP contribution in [0.1, 0.15) is 43.0 Å². The molecule has 0 bridgehead atoms. The van der Waals surface area contributed by atoms with E-state index in [-0.39, 0.29) is 18.2 Å². The number of aryl methyl sites for hydroxylation is 1. The Kier molecular flexibility index (Phi) is 6.16. The van der Waals surface area contributed by atoms with Gasteiger partial charge in [-0.25, -0.2) is 9.97 Å². The number of aromatic nitrogens is 3. The second-order valence-corrected chi connectivity index (χ2v) is 8.84. The van der Waals surface area contributed by atoms with E-state index in [0.717, 1.165) is 58.9 Å². The van der Waals surface area contributed by atoms with E-state index in [2.05, 4.69) is 15.0 Å². The molecule has 1 aromatic carbocycles. The maximum atomic E-state index is 13.3. The monoisotopic (exact) mass is 454 g/mol. The number of carboxylic acid groups (broad SMARTS) is 1. The predicted molar refractivity (Wildman–Crippen MR) is 129 cm³/mol. The Morgan fingerprint density at radius 2 is 1.94 bits per heavy atom. The fourth-order valence-corrected chi connectivity index (χ4v) is 4.85. The van der Waals surface area contributed by atoms with Crippen LogP contribution in [0.15, 0.2) is 67.0 Å². The summed E-state index contributed by atoms with van der Waals surface area (Å²) >= 11 is 0. The Balaban J connectivity index is 1.26. The molecule has 2 atom stereocenters. The topological polar surface area (TPSA) is 96.3 Å². The van der Waals surface area contributed by atoms with Gasteiger partial charge in [-0.3, -0.25) is 14.6 Å². The molecule has 172 valence electrons. The number of nitrogens with zero attached hydrogens (tertiary/aromatic N) is 4. The number of carboxylic acids is 1. The van der Waals surface area contributed by atoms with E-state index < -0.39 is 12.0 Å². The summed E-state index contributed by atoms with van der Waals surface area (Å²) in [5.41, 5.74) is 3.33. The molecule has 1 N–H and O–H groups in total. The first-order valence-electron chi connectivity index (χ1n) is 11.7. The molecule has 0 aliphatic carbocycles. The lowest BCUT2D eigenvalue weighted by Crippen LogP contribution is -2.33. The molecule has 1 saturated heterocycles. The quantitative estimate of drug-likeness (QED) is 0.419. The number of carbonyl (C=O) groups excluding carboxylic acids is 1. The van der Waals surface area contributed by atoms with Crippen molar-refractivity contribution in [3.05, 3.63) is 78.2 Å². The maximum absolute atomic E-state index is 13.3. The average molecular weight is 455 g/mol. The first-order chi connectivity index (χ1) is 16.6. The number of pyridine rings is 3. The van der Waals surface area contributed by atoms with Crippen LogP contribution in [-0.2, 0) is 16.0 Å². The van der Waals surface area contributed by atoms with Crippen LogP contribution in [0.25, 0.3) is 21.9 Å². The van der Waals surface area contributed by atoms with Crippen molar-refractivity contribution in [2.45, 2.75) is 38.1 Å². The van der Waals surface area contributed by atoms with Crippen LogP contribution >= 0.6 is 0 Å². The molecule has 0 radical (unpaired) electrons. The van der Waals surface area contributed by atoms with Crippen molar-refractivity contribution >= 4 is 33.8 Å². The first-order valence-corrected chi connectivity index (χ1v) is 11.7. The highest BCUT2D eigenvalue weighted by Crippen LogP contribution is 2.34. The minimum absolute atomic E-state index is 0.0348. The zero-order valence-corrected chi connectivity index (χ0v) is 18.8. The van der Waals surface area contributed by atoms with E-state index in [1.165, 1.54) is 0 Å². The highest BCUT2D eigenvalue weighted by molar-refractivity contribution is 5.83. The highest BCUT2D eigenvalue weighted by atomic mass is 16.4. The van der Waals surface area contributed by atoms with Crippen molar-refractivity contribution in [1.82, 2.24) is 19.9 Å². The lowest BCUT2D eigenvalue weighted by Gasteiger charge is -2.27. The van der Waals surface area contributed by atoms with Crippen molar-refractivity contribution in [2.75, 3.05) is 6.54 Å². The van der Waals surface area contributed by atoms with Gasteiger partial charge in [0.1, 0.15) is 0 Å². The number of hydrogen-bond acceptors (Lipinski definition) is 5. The third kappa shape index (κ3) is 4.59. The van der Waals surface area contributed by atoms with Crippen molar-refractivity contribution in [3.63, 3.8) is 0 Å². The number of likely N-dealkylation sites (tertiary alicyclic amines) is 1. The molecule has 1 aliphatic rings. The van der Waals surface area contributed by atoms with Crippen LogP contribution in [-0.4, -0.2) is 43.4 Å². The Bertz CT molecular complexity index is 1360. The number of fused-ring (bicyclic) bond motifs is 2. The molecule has 3 aromatic heterocycles. The molecular weight excluding hydrogens is 428 g/mol. The average Bonchev–Trinajstić information content (AvgIpc) is 3.22. The van der Waals surface area contributed by atoms with E-state index in [1.54, 1.807) is 17.3 Å². The fourth-order valence-electron chi connectivity index (χ4n) is 4.85. The van der Waals surface area contributed by atoms with Gasteiger partial charge >= 0.3 is 5.97 Å². The molecule has 2 unspecified atom stereocenters. The molecule has 4 aromatic rings. The number of amides is 1. The van der Waals surface area contributed by atoms with Gasteiger partial charge in [0, 0.05) is 41.3 Å². The summed E-state index contributed by atoms with van der Waals surface area (Å²) in [6, 6.07) is 17.1. The number of benzene rings is 1. The predicted octanol–water partition coefficient (Wildman–Crippen LogP) is 4.57. The number of para-hydroxylation sites is 1. The summed E-state index contributed by atoms with van der Waals surface area (Å²) in [5.74, 6) is -0.985. The molecule has 34 heavy (non-hydrogen) atoms. The third-order valence-corrected chi connectivity index (χ3v) is 6.60. The summed E-state index contributed by atoms with van der Waals surface area (Å²) < 4.78 is 0. The van der Waals surface area contributed by atoms with Crippen molar-refractivity contribution < 1.29 is 14.7 Å². The standard InChI is InChI=1S/C27H26N4O3/c32-25(33)16-24(21-15-20-5-1-2-9-23(20)29-17-21)31-14-12-19(27(31)34)6-3-8-22-11-10-18-7-4-13-28-26(18)30-22/h1-2,4-5,7,9-11,13,15,17,19,24H,3,6,8,12,14,16H2,(H,32,33). The lowest BCUT2D eigenvalue weighted by atomic mass is 9.99. The Morgan fingerprint density at radius 1 is 1.09 bits per heavy atom. The second-order valence-electron chi connectivity index (χ2n) is 8.84. The Morgan fingerprint density at radius 3 is 2.82 bits per heavy atom. The van der Waals surface area contributed by atoms with E-state index in [4.69, 9.17) is 0 Å². The molecule has 0 saturated carbocycles. The van der Waals surface area contributed by atoms with Crippen LogP contribution < -0.4 is 0 Å². The number of hydrogen-bond donors (Lipinski definition) is 1. The lowest BCUT2D eigenvalue weighted by molar-refractivity contribution is -0.140. The van der Waals surface area contributed by atoms with E-state index >= 15 is 0 Å². The third-order valence-electron chi connectivity index (χ3n) is 6.60. The maximum Gasteiger partial charge on any atom is 0.305 e. The SMILES string of the molecule is O=C(O)CC(c1cnc2ccccc2c1)N1CCC(CCCc2ccc3cccnc3n2)C1=O. The Hall–Kier alpha value is -3.87. The van der Waals surface area contributed by atoms with E-state index in [9.17, 15) is 14.7 Å². The minimum atomic E-state index is -0.926. The summed E-state index contributed by atoms with van der Waals surface area (Å²) in [5, 5.41) is 11.5.